The normalized spacial score (nSPS) is 13.4. The summed E-state index contributed by atoms with van der Waals surface area (Å²) in [7, 11) is 0. The van der Waals surface area contributed by atoms with Crippen molar-refractivity contribution < 1.29 is 47.0 Å². The molecule has 16 heteroatoms. The number of rotatable bonds is 10. The maximum atomic E-state index is 14.3. The van der Waals surface area contributed by atoms with Gasteiger partial charge in [-0.25, -0.2) is 37.5 Å². The smallest absolute Gasteiger partial charge is 0.310 e. The average Bonchev–Trinajstić information content (AvgIpc) is 3.79. The van der Waals surface area contributed by atoms with Crippen molar-refractivity contribution in [3.8, 4) is 22.8 Å². The molecule has 2 aliphatic rings. The molecule has 2 amide bonds. The number of nitrogens with one attached hydrogen (secondary N) is 2. The maximum Gasteiger partial charge on any atom is 0.310 e. The number of fused-ring (bicyclic) bond motifs is 2. The standard InChI is InChI=1S/2C22H17F2N3O3.CH4/c2*1-11(22(29)30)13-7-5-12(6-8-13)9-16-19-17(10-25-21(19)28)27-20(26-16)18-14(23)3-2-4-15(18)24;/h2*2-8,11H,9-10H2,1H3,(H,25,28)(H,29,30);1H4/t11-;;/m0../s1. The van der Waals surface area contributed by atoms with Gasteiger partial charge in [0, 0.05) is 12.8 Å². The zero-order chi connectivity index (χ0) is 42.8. The predicted molar refractivity (Wildman–Crippen MR) is 214 cm³/mol. The van der Waals surface area contributed by atoms with E-state index in [2.05, 4.69) is 30.6 Å². The Hall–Kier alpha value is -7.36. The Morgan fingerprint density at radius 1 is 0.557 bits per heavy atom. The SMILES string of the molecule is C.CC(C(=O)O)c1ccc(Cc2nc(-c3c(F)cccc3F)nc3c2C(=O)NC3)cc1.C[C@H](C(=O)O)c1ccc(Cc2nc(-c3c(F)cccc3F)nc3c2C(=O)NC3)cc1. The maximum absolute atomic E-state index is 14.3. The van der Waals surface area contributed by atoms with Crippen molar-refractivity contribution in [2.75, 3.05) is 0 Å². The first-order valence-electron chi connectivity index (χ1n) is 18.6. The fourth-order valence-electron chi connectivity index (χ4n) is 6.83. The fourth-order valence-corrected chi connectivity index (χ4v) is 6.83. The number of aliphatic carboxylic acids is 2. The summed E-state index contributed by atoms with van der Waals surface area (Å²) in [4.78, 5) is 63.9. The third kappa shape index (κ3) is 8.98. The first-order valence-corrected chi connectivity index (χ1v) is 18.6. The van der Waals surface area contributed by atoms with Crippen LogP contribution in [0, 0.1) is 23.3 Å². The molecule has 0 fully saturated rings. The van der Waals surface area contributed by atoms with Crippen LogP contribution in [0.3, 0.4) is 0 Å². The van der Waals surface area contributed by atoms with Crippen molar-refractivity contribution in [3.63, 3.8) is 0 Å². The van der Waals surface area contributed by atoms with E-state index in [0.29, 0.717) is 45.0 Å². The van der Waals surface area contributed by atoms with E-state index in [9.17, 15) is 36.7 Å². The minimum absolute atomic E-state index is 0. The lowest BCUT2D eigenvalue weighted by Crippen LogP contribution is -2.15. The summed E-state index contributed by atoms with van der Waals surface area (Å²) in [5.74, 6) is -7.21. The third-order valence-corrected chi connectivity index (χ3v) is 10.2. The van der Waals surface area contributed by atoms with Gasteiger partial charge in [-0.3, -0.25) is 19.2 Å². The molecule has 0 saturated heterocycles. The molecular formula is C45H38F4N6O6. The Kier molecular flexibility index (Phi) is 12.7. The summed E-state index contributed by atoms with van der Waals surface area (Å²) in [5.41, 5.74) is 4.25. The molecule has 61 heavy (non-hydrogen) atoms. The van der Waals surface area contributed by atoms with Gasteiger partial charge in [-0.05, 0) is 60.4 Å². The minimum atomic E-state index is -0.926. The van der Waals surface area contributed by atoms with Crippen LogP contribution < -0.4 is 10.6 Å². The highest BCUT2D eigenvalue weighted by atomic mass is 19.1. The minimum Gasteiger partial charge on any atom is -0.481 e. The van der Waals surface area contributed by atoms with Crippen LogP contribution in [0.15, 0.2) is 84.9 Å². The molecule has 2 aromatic heterocycles. The second-order valence-electron chi connectivity index (χ2n) is 14.1. The van der Waals surface area contributed by atoms with Crippen molar-refractivity contribution in [2.24, 2.45) is 0 Å². The van der Waals surface area contributed by atoms with E-state index in [-0.39, 0.29) is 67.9 Å². The molecule has 0 bridgehead atoms. The zero-order valence-electron chi connectivity index (χ0n) is 31.9. The van der Waals surface area contributed by atoms with E-state index < -0.39 is 47.0 Å². The van der Waals surface area contributed by atoms with Gasteiger partial charge in [0.05, 0.1) is 70.0 Å². The second-order valence-corrected chi connectivity index (χ2v) is 14.1. The van der Waals surface area contributed by atoms with E-state index >= 15 is 0 Å². The third-order valence-electron chi connectivity index (χ3n) is 10.2. The number of benzene rings is 4. The molecule has 4 heterocycles. The van der Waals surface area contributed by atoms with Crippen LogP contribution >= 0.6 is 0 Å². The summed E-state index contributed by atoms with van der Waals surface area (Å²) < 4.78 is 57.0. The molecule has 4 aromatic carbocycles. The van der Waals surface area contributed by atoms with Crippen molar-refractivity contribution in [1.82, 2.24) is 30.6 Å². The Balaban J connectivity index is 0.000000201. The van der Waals surface area contributed by atoms with Gasteiger partial charge >= 0.3 is 11.9 Å². The summed E-state index contributed by atoms with van der Waals surface area (Å²) in [6, 6.07) is 20.8. The Labute approximate surface area is 346 Å². The van der Waals surface area contributed by atoms with Crippen LogP contribution in [0.4, 0.5) is 17.6 Å². The Morgan fingerprint density at radius 2 is 0.885 bits per heavy atom. The number of carbonyl (C=O) groups excluding carboxylic acids is 2. The van der Waals surface area contributed by atoms with Crippen molar-refractivity contribution in [1.29, 1.82) is 0 Å². The highest BCUT2D eigenvalue weighted by Gasteiger charge is 2.30. The van der Waals surface area contributed by atoms with Gasteiger partial charge in [0.25, 0.3) is 11.8 Å². The molecule has 12 nitrogen and oxygen atoms in total. The molecule has 4 N–H and O–H groups in total. The molecular weight excluding hydrogens is 797 g/mol. The van der Waals surface area contributed by atoms with Gasteiger partial charge < -0.3 is 20.8 Å². The number of nitrogens with zero attached hydrogens (tertiary/aromatic N) is 4. The number of carbonyl (C=O) groups is 4. The highest BCUT2D eigenvalue weighted by Crippen LogP contribution is 2.30. The van der Waals surface area contributed by atoms with Crippen LogP contribution in [-0.4, -0.2) is 53.9 Å². The Morgan fingerprint density at radius 3 is 1.20 bits per heavy atom. The van der Waals surface area contributed by atoms with E-state index in [1.807, 2.05) is 0 Å². The lowest BCUT2D eigenvalue weighted by Gasteiger charge is -2.11. The van der Waals surface area contributed by atoms with Gasteiger partial charge in [0.15, 0.2) is 11.6 Å². The first-order chi connectivity index (χ1) is 28.7. The van der Waals surface area contributed by atoms with Gasteiger partial charge in [-0.1, -0.05) is 68.1 Å². The summed E-state index contributed by atoms with van der Waals surface area (Å²) in [6.45, 7) is 3.49. The number of hydrogen-bond donors (Lipinski definition) is 4. The number of carboxylic acid groups (broad SMARTS) is 2. The molecule has 2 atom stereocenters. The van der Waals surface area contributed by atoms with Crippen molar-refractivity contribution >= 4 is 23.8 Å². The molecule has 0 aliphatic carbocycles. The molecule has 6 aromatic rings. The fraction of sp³-hybridized carbons (Fsp3) is 0.200. The van der Waals surface area contributed by atoms with E-state index in [1.54, 1.807) is 62.4 Å². The average molecular weight is 835 g/mol. The lowest BCUT2D eigenvalue weighted by atomic mass is 9.98. The van der Waals surface area contributed by atoms with Crippen molar-refractivity contribution in [2.45, 2.75) is 59.0 Å². The number of hydrogen-bond acceptors (Lipinski definition) is 8. The molecule has 8 rings (SSSR count). The van der Waals surface area contributed by atoms with Crippen LogP contribution in [0.25, 0.3) is 22.8 Å². The summed E-state index contributed by atoms with van der Waals surface area (Å²) in [6.07, 6.45) is 0.451. The molecule has 0 radical (unpaired) electrons. The van der Waals surface area contributed by atoms with Gasteiger partial charge in [-0.2, -0.15) is 0 Å². The van der Waals surface area contributed by atoms with Crippen molar-refractivity contribution in [3.05, 3.63) is 164 Å². The van der Waals surface area contributed by atoms with Crippen LogP contribution in [0.2, 0.25) is 0 Å². The number of halogens is 4. The van der Waals surface area contributed by atoms with E-state index in [0.717, 1.165) is 35.4 Å². The molecule has 0 spiro atoms. The van der Waals surface area contributed by atoms with Crippen LogP contribution in [-0.2, 0) is 35.5 Å². The van der Waals surface area contributed by atoms with E-state index in [1.165, 1.54) is 12.1 Å². The number of amides is 2. The lowest BCUT2D eigenvalue weighted by molar-refractivity contribution is -0.139. The van der Waals surface area contributed by atoms with Gasteiger partial charge in [-0.15, -0.1) is 0 Å². The highest BCUT2D eigenvalue weighted by molar-refractivity contribution is 5.99. The number of aromatic nitrogens is 4. The van der Waals surface area contributed by atoms with Gasteiger partial charge in [0.2, 0.25) is 0 Å². The first kappa shape index (κ1) is 43.2. The molecule has 0 saturated carbocycles. The number of carboxylic acids is 2. The second kappa shape index (κ2) is 17.9. The monoisotopic (exact) mass is 834 g/mol. The van der Waals surface area contributed by atoms with Gasteiger partial charge in [0.1, 0.15) is 23.3 Å². The summed E-state index contributed by atoms with van der Waals surface area (Å²) >= 11 is 0. The summed E-state index contributed by atoms with van der Waals surface area (Å²) in [5, 5.41) is 23.6. The largest absolute Gasteiger partial charge is 0.481 e. The predicted octanol–water partition coefficient (Wildman–Crippen LogP) is 7.52. The zero-order valence-corrected chi connectivity index (χ0v) is 31.9. The topological polar surface area (TPSA) is 184 Å². The molecule has 2 aliphatic heterocycles. The Bertz CT molecular complexity index is 2470. The molecule has 1 unspecified atom stereocenters. The molecule has 312 valence electrons. The van der Waals surface area contributed by atoms with Crippen LogP contribution in [0.5, 0.6) is 0 Å². The van der Waals surface area contributed by atoms with Crippen LogP contribution in [0.1, 0.15) is 98.9 Å². The quantitative estimate of drug-likeness (QED) is 0.101. The van der Waals surface area contributed by atoms with E-state index in [4.69, 9.17) is 10.2 Å².